The summed E-state index contributed by atoms with van der Waals surface area (Å²) < 4.78 is 6.07. The van der Waals surface area contributed by atoms with Gasteiger partial charge in [0.05, 0.1) is 11.5 Å². The molecule has 1 N–H and O–H groups in total. The van der Waals surface area contributed by atoms with Crippen LogP contribution in [0.3, 0.4) is 0 Å². The third-order valence-corrected chi connectivity index (χ3v) is 6.95. The Bertz CT molecular complexity index is 1160. The molecule has 0 aliphatic carbocycles. The molecule has 1 spiro atoms. The quantitative estimate of drug-likeness (QED) is 0.649. The van der Waals surface area contributed by atoms with Crippen molar-refractivity contribution in [2.45, 2.75) is 30.0 Å². The van der Waals surface area contributed by atoms with E-state index in [0.29, 0.717) is 13.0 Å². The second-order valence-corrected chi connectivity index (χ2v) is 8.60. The first-order chi connectivity index (χ1) is 15.2. The number of rotatable bonds is 2. The van der Waals surface area contributed by atoms with Crippen LogP contribution in [0.4, 0.5) is 5.69 Å². The molecule has 3 aromatic carbocycles. The lowest BCUT2D eigenvalue weighted by Gasteiger charge is -2.42. The van der Waals surface area contributed by atoms with Gasteiger partial charge in [-0.1, -0.05) is 78.9 Å². The van der Waals surface area contributed by atoms with Gasteiger partial charge < -0.3 is 10.1 Å². The molecule has 3 aliphatic rings. The van der Waals surface area contributed by atoms with Crippen LogP contribution in [0.25, 0.3) is 0 Å². The highest BCUT2D eigenvalue weighted by molar-refractivity contribution is 6.07. The number of nitrogens with zero attached hydrogens (tertiary/aromatic N) is 1. The third-order valence-electron chi connectivity index (χ3n) is 6.95. The van der Waals surface area contributed by atoms with Crippen molar-refractivity contribution < 1.29 is 14.3 Å². The Labute approximate surface area is 180 Å². The van der Waals surface area contributed by atoms with Crippen LogP contribution in [0.1, 0.15) is 35.3 Å². The first-order valence-corrected chi connectivity index (χ1v) is 10.6. The fourth-order valence-corrected chi connectivity index (χ4v) is 5.53. The zero-order valence-electron chi connectivity index (χ0n) is 16.9. The maximum absolute atomic E-state index is 13.2. The van der Waals surface area contributed by atoms with Crippen molar-refractivity contribution in [1.29, 1.82) is 0 Å². The number of fused-ring (bicyclic) bond motifs is 3. The van der Waals surface area contributed by atoms with Crippen LogP contribution < -0.4 is 5.32 Å². The zero-order valence-corrected chi connectivity index (χ0v) is 16.9. The van der Waals surface area contributed by atoms with Gasteiger partial charge in [-0.05, 0) is 29.2 Å². The number of ether oxygens (including phenoxy) is 1. The highest BCUT2D eigenvalue weighted by Crippen LogP contribution is 2.53. The maximum Gasteiger partial charge on any atom is 0.324 e. The van der Waals surface area contributed by atoms with Crippen molar-refractivity contribution in [1.82, 2.24) is 4.90 Å². The van der Waals surface area contributed by atoms with Gasteiger partial charge in [0.25, 0.3) is 0 Å². The summed E-state index contributed by atoms with van der Waals surface area (Å²) in [5, 5.41) is 3.03. The van der Waals surface area contributed by atoms with E-state index in [-0.39, 0.29) is 17.9 Å². The minimum Gasteiger partial charge on any atom is -0.454 e. The van der Waals surface area contributed by atoms with Gasteiger partial charge >= 0.3 is 5.97 Å². The topological polar surface area (TPSA) is 58.6 Å². The van der Waals surface area contributed by atoms with Crippen LogP contribution in [-0.4, -0.2) is 29.4 Å². The van der Waals surface area contributed by atoms with Crippen LogP contribution in [0.5, 0.6) is 0 Å². The van der Waals surface area contributed by atoms with Crippen molar-refractivity contribution in [3.05, 3.63) is 102 Å². The predicted octanol–water partition coefficient (Wildman–Crippen LogP) is 3.99. The van der Waals surface area contributed by atoms with Crippen molar-refractivity contribution in [2.24, 2.45) is 0 Å². The smallest absolute Gasteiger partial charge is 0.324 e. The van der Waals surface area contributed by atoms with Crippen LogP contribution in [0, 0.1) is 0 Å². The van der Waals surface area contributed by atoms with E-state index < -0.39 is 17.6 Å². The van der Waals surface area contributed by atoms with E-state index in [1.807, 2.05) is 72.8 Å². The lowest BCUT2D eigenvalue weighted by Crippen LogP contribution is -2.48. The minimum atomic E-state index is -0.737. The standard InChI is InChI=1S/C26H22N2O3/c29-24-21-15-26(19-13-7-8-14-20(19)27-25(26)30)16-28(21)22(17-9-3-1-4-10-17)23(31-24)18-11-5-2-6-12-18/h1-14,21-23H,15-16H2,(H,27,30). The van der Waals surface area contributed by atoms with Crippen molar-refractivity contribution in [3.8, 4) is 0 Å². The molecule has 5 nitrogen and oxygen atoms in total. The SMILES string of the molecule is O=C1OC(c2ccccc2)C(c2ccccc2)N2CC3(CC12)C(=O)Nc1ccccc13. The van der Waals surface area contributed by atoms with Gasteiger partial charge in [0.2, 0.25) is 5.91 Å². The van der Waals surface area contributed by atoms with Crippen LogP contribution >= 0.6 is 0 Å². The number of carbonyl (C=O) groups excluding carboxylic acids is 2. The van der Waals surface area contributed by atoms with Gasteiger partial charge in [-0.3, -0.25) is 14.5 Å². The van der Waals surface area contributed by atoms with Gasteiger partial charge in [0.15, 0.2) is 0 Å². The number of nitrogens with one attached hydrogen (secondary N) is 1. The zero-order chi connectivity index (χ0) is 21.0. The molecule has 0 bridgehead atoms. The summed E-state index contributed by atoms with van der Waals surface area (Å²) in [5.41, 5.74) is 3.12. The van der Waals surface area contributed by atoms with E-state index in [0.717, 1.165) is 22.4 Å². The van der Waals surface area contributed by atoms with E-state index in [2.05, 4.69) is 22.3 Å². The number of morpholine rings is 1. The fourth-order valence-electron chi connectivity index (χ4n) is 5.53. The van der Waals surface area contributed by atoms with Gasteiger partial charge in [-0.15, -0.1) is 0 Å². The van der Waals surface area contributed by atoms with Gasteiger partial charge in [-0.2, -0.15) is 0 Å². The van der Waals surface area contributed by atoms with E-state index >= 15 is 0 Å². The molecule has 1 amide bonds. The molecular formula is C26H22N2O3. The Hall–Kier alpha value is -3.44. The van der Waals surface area contributed by atoms with Crippen LogP contribution in [0.15, 0.2) is 84.9 Å². The normalized spacial score (nSPS) is 29.4. The lowest BCUT2D eigenvalue weighted by atomic mass is 9.79. The molecular weight excluding hydrogens is 388 g/mol. The highest BCUT2D eigenvalue weighted by Gasteiger charge is 2.60. The predicted molar refractivity (Wildman–Crippen MR) is 116 cm³/mol. The molecule has 5 heteroatoms. The van der Waals surface area contributed by atoms with E-state index in [9.17, 15) is 9.59 Å². The first-order valence-electron chi connectivity index (χ1n) is 10.6. The molecule has 3 aromatic rings. The Kier molecular flexibility index (Phi) is 4.02. The van der Waals surface area contributed by atoms with Gasteiger partial charge in [0, 0.05) is 12.2 Å². The summed E-state index contributed by atoms with van der Waals surface area (Å²) in [5.74, 6) is -0.283. The molecule has 0 radical (unpaired) electrons. The summed E-state index contributed by atoms with van der Waals surface area (Å²) in [4.78, 5) is 28.6. The number of amides is 1. The molecule has 0 saturated carbocycles. The minimum absolute atomic E-state index is 0.0287. The first kappa shape index (κ1) is 18.3. The molecule has 4 atom stereocenters. The summed E-state index contributed by atoms with van der Waals surface area (Å²) in [6, 6.07) is 27.2. The number of anilines is 1. The van der Waals surface area contributed by atoms with Crippen molar-refractivity contribution >= 4 is 17.6 Å². The molecule has 31 heavy (non-hydrogen) atoms. The number of hydrogen-bond acceptors (Lipinski definition) is 4. The third kappa shape index (κ3) is 2.66. The molecule has 4 unspecified atom stereocenters. The summed E-state index contributed by atoms with van der Waals surface area (Å²) in [6.45, 7) is 0.485. The molecule has 2 saturated heterocycles. The number of hydrogen-bond donors (Lipinski definition) is 1. The number of para-hydroxylation sites is 1. The summed E-state index contributed by atoms with van der Waals surface area (Å²) in [7, 11) is 0. The Morgan fingerprint density at radius 2 is 1.48 bits per heavy atom. The monoisotopic (exact) mass is 410 g/mol. The Balaban J connectivity index is 1.48. The second kappa shape index (κ2) is 6.79. The van der Waals surface area contributed by atoms with Gasteiger partial charge in [0.1, 0.15) is 12.1 Å². The van der Waals surface area contributed by atoms with Crippen molar-refractivity contribution in [3.63, 3.8) is 0 Å². The number of cyclic esters (lactones) is 1. The van der Waals surface area contributed by atoms with E-state index in [1.165, 1.54) is 0 Å². The molecule has 3 aliphatic heterocycles. The molecule has 3 heterocycles. The van der Waals surface area contributed by atoms with Crippen LogP contribution in [0.2, 0.25) is 0 Å². The van der Waals surface area contributed by atoms with E-state index in [1.54, 1.807) is 0 Å². The molecule has 6 rings (SSSR count). The Morgan fingerprint density at radius 1 is 0.839 bits per heavy atom. The Morgan fingerprint density at radius 3 is 2.23 bits per heavy atom. The summed E-state index contributed by atoms with van der Waals surface area (Å²) in [6.07, 6.45) is 0.00157. The summed E-state index contributed by atoms with van der Waals surface area (Å²) >= 11 is 0. The largest absolute Gasteiger partial charge is 0.454 e. The highest BCUT2D eigenvalue weighted by atomic mass is 16.6. The lowest BCUT2D eigenvalue weighted by molar-refractivity contribution is -0.172. The van der Waals surface area contributed by atoms with Crippen molar-refractivity contribution in [2.75, 3.05) is 11.9 Å². The number of benzene rings is 3. The maximum atomic E-state index is 13.2. The molecule has 0 aromatic heterocycles. The van der Waals surface area contributed by atoms with Gasteiger partial charge in [-0.25, -0.2) is 0 Å². The fraction of sp³-hybridized carbons (Fsp3) is 0.231. The average Bonchev–Trinajstić information content (AvgIpc) is 3.34. The molecule has 154 valence electrons. The molecule has 2 fully saturated rings. The van der Waals surface area contributed by atoms with Crippen LogP contribution in [-0.2, 0) is 19.7 Å². The number of esters is 1. The number of carbonyl (C=O) groups is 2. The van der Waals surface area contributed by atoms with E-state index in [4.69, 9.17) is 4.74 Å². The second-order valence-electron chi connectivity index (χ2n) is 8.60. The average molecular weight is 410 g/mol.